The standard InChI is InChI=1S/C23H29N5O4S2/c1-6-32-22(31)27-9-7-26(8-10-27)19-16(15(4)17(12-24)20(29)25(19)5)11-18-21(30)28(13-14(2)3)23(33)34-18/h11,14H,6-10,13H2,1-5H3/b18-11-. The van der Waals surface area contributed by atoms with Gasteiger partial charge in [-0.15, -0.1) is 0 Å². The fourth-order valence-corrected chi connectivity index (χ4v) is 5.32. The van der Waals surface area contributed by atoms with E-state index in [0.29, 0.717) is 65.5 Å². The van der Waals surface area contributed by atoms with E-state index < -0.39 is 5.56 Å². The van der Waals surface area contributed by atoms with Crippen molar-refractivity contribution in [1.29, 1.82) is 5.26 Å². The monoisotopic (exact) mass is 503 g/mol. The number of nitrogens with zero attached hydrogens (tertiary/aromatic N) is 5. The number of anilines is 1. The predicted octanol–water partition coefficient (Wildman–Crippen LogP) is 2.70. The number of piperazine rings is 1. The molecule has 3 rings (SSSR count). The van der Waals surface area contributed by atoms with Crippen LogP contribution in [0.2, 0.25) is 0 Å². The van der Waals surface area contributed by atoms with Gasteiger partial charge in [-0.1, -0.05) is 37.8 Å². The van der Waals surface area contributed by atoms with Crippen molar-refractivity contribution in [3.05, 3.63) is 31.9 Å². The Morgan fingerprint density at radius 1 is 1.26 bits per heavy atom. The van der Waals surface area contributed by atoms with Crippen LogP contribution in [0.3, 0.4) is 0 Å². The molecule has 2 saturated heterocycles. The second kappa shape index (κ2) is 10.6. The van der Waals surface area contributed by atoms with Crippen LogP contribution in [0.4, 0.5) is 10.6 Å². The summed E-state index contributed by atoms with van der Waals surface area (Å²) in [6.45, 7) is 10.2. The Labute approximate surface area is 208 Å². The van der Waals surface area contributed by atoms with E-state index in [-0.39, 0.29) is 23.5 Å². The molecule has 0 spiro atoms. The van der Waals surface area contributed by atoms with Crippen LogP contribution in [0.25, 0.3) is 6.08 Å². The summed E-state index contributed by atoms with van der Waals surface area (Å²) in [4.78, 5) is 43.8. The van der Waals surface area contributed by atoms with Crippen LogP contribution in [0.15, 0.2) is 9.70 Å². The molecule has 0 aliphatic carbocycles. The van der Waals surface area contributed by atoms with E-state index >= 15 is 0 Å². The van der Waals surface area contributed by atoms with Gasteiger partial charge in [0, 0.05) is 45.3 Å². The van der Waals surface area contributed by atoms with E-state index in [1.165, 1.54) is 16.3 Å². The third kappa shape index (κ3) is 4.98. The fourth-order valence-electron chi connectivity index (χ4n) is 4.06. The fraction of sp³-hybridized carbons (Fsp3) is 0.522. The molecule has 2 aliphatic heterocycles. The van der Waals surface area contributed by atoms with Gasteiger partial charge in [0.05, 0.1) is 11.5 Å². The van der Waals surface area contributed by atoms with Gasteiger partial charge in [-0.3, -0.25) is 19.1 Å². The molecule has 34 heavy (non-hydrogen) atoms. The van der Waals surface area contributed by atoms with Crippen molar-refractivity contribution in [3.8, 4) is 6.07 Å². The molecule has 182 valence electrons. The van der Waals surface area contributed by atoms with Crippen LogP contribution in [-0.4, -0.2) is 70.0 Å². The van der Waals surface area contributed by atoms with Gasteiger partial charge in [0.25, 0.3) is 11.5 Å². The molecule has 2 aliphatic rings. The predicted molar refractivity (Wildman–Crippen MR) is 137 cm³/mol. The van der Waals surface area contributed by atoms with Crippen molar-refractivity contribution in [2.45, 2.75) is 27.7 Å². The zero-order chi connectivity index (χ0) is 25.2. The summed E-state index contributed by atoms with van der Waals surface area (Å²) in [5.74, 6) is 0.699. The first-order valence-corrected chi connectivity index (χ1v) is 12.4. The topological polar surface area (TPSA) is 98.9 Å². The Kier molecular flexibility index (Phi) is 8.05. The Morgan fingerprint density at radius 2 is 1.91 bits per heavy atom. The number of ether oxygens (including phenoxy) is 1. The van der Waals surface area contributed by atoms with Crippen molar-refractivity contribution >= 4 is 52.2 Å². The quantitative estimate of drug-likeness (QED) is 0.447. The van der Waals surface area contributed by atoms with Crippen LogP contribution in [0.5, 0.6) is 0 Å². The summed E-state index contributed by atoms with van der Waals surface area (Å²) >= 11 is 6.66. The molecule has 1 aromatic heterocycles. The first-order valence-electron chi connectivity index (χ1n) is 11.2. The number of nitriles is 1. The molecule has 0 unspecified atom stereocenters. The Balaban J connectivity index is 2.04. The largest absolute Gasteiger partial charge is 0.450 e. The third-order valence-corrected chi connectivity index (χ3v) is 7.15. The van der Waals surface area contributed by atoms with Gasteiger partial charge < -0.3 is 14.5 Å². The van der Waals surface area contributed by atoms with E-state index in [1.54, 1.807) is 36.8 Å². The highest BCUT2D eigenvalue weighted by atomic mass is 32.2. The lowest BCUT2D eigenvalue weighted by molar-refractivity contribution is -0.122. The smallest absolute Gasteiger partial charge is 0.409 e. The number of carbonyl (C=O) groups excluding carboxylic acids is 2. The summed E-state index contributed by atoms with van der Waals surface area (Å²) in [5.41, 5.74) is 0.795. The minimum Gasteiger partial charge on any atom is -0.450 e. The van der Waals surface area contributed by atoms with Crippen molar-refractivity contribution in [1.82, 2.24) is 14.4 Å². The second-order valence-corrected chi connectivity index (χ2v) is 10.2. The summed E-state index contributed by atoms with van der Waals surface area (Å²) in [7, 11) is 1.62. The molecule has 0 bridgehead atoms. The Bertz CT molecular complexity index is 1140. The Hall–Kier alpha value is -2.84. The maximum atomic E-state index is 13.1. The van der Waals surface area contributed by atoms with Crippen LogP contribution in [0.1, 0.15) is 37.5 Å². The van der Waals surface area contributed by atoms with Crippen molar-refractivity contribution < 1.29 is 14.3 Å². The SMILES string of the molecule is CCOC(=O)N1CCN(c2c(/C=C3\SC(=S)N(CC(C)C)C3=O)c(C)c(C#N)c(=O)n2C)CC1. The number of thiocarbonyl (C=S) groups is 1. The third-order valence-electron chi connectivity index (χ3n) is 5.77. The van der Waals surface area contributed by atoms with Crippen LogP contribution < -0.4 is 10.5 Å². The van der Waals surface area contributed by atoms with Crippen LogP contribution in [-0.2, 0) is 16.6 Å². The molecule has 0 saturated carbocycles. The molecular weight excluding hydrogens is 474 g/mol. The van der Waals surface area contributed by atoms with Crippen LogP contribution >= 0.6 is 24.0 Å². The first-order chi connectivity index (χ1) is 16.1. The van der Waals surface area contributed by atoms with Gasteiger partial charge in [0.1, 0.15) is 21.8 Å². The molecule has 0 N–H and O–H groups in total. The van der Waals surface area contributed by atoms with Gasteiger partial charge >= 0.3 is 6.09 Å². The Morgan fingerprint density at radius 3 is 2.47 bits per heavy atom. The summed E-state index contributed by atoms with van der Waals surface area (Å²) in [6.07, 6.45) is 1.38. The highest BCUT2D eigenvalue weighted by Gasteiger charge is 2.34. The van der Waals surface area contributed by atoms with E-state index in [4.69, 9.17) is 17.0 Å². The van der Waals surface area contributed by atoms with Crippen LogP contribution in [0, 0.1) is 24.2 Å². The summed E-state index contributed by atoms with van der Waals surface area (Å²) in [6, 6.07) is 2.01. The number of rotatable bonds is 5. The van der Waals surface area contributed by atoms with E-state index in [1.807, 2.05) is 24.8 Å². The molecule has 2 amide bonds. The van der Waals surface area contributed by atoms with Gasteiger partial charge in [-0.25, -0.2) is 4.79 Å². The first kappa shape index (κ1) is 25.8. The lowest BCUT2D eigenvalue weighted by Gasteiger charge is -2.37. The zero-order valence-electron chi connectivity index (χ0n) is 20.1. The lowest BCUT2D eigenvalue weighted by Crippen LogP contribution is -2.50. The van der Waals surface area contributed by atoms with Crippen molar-refractivity contribution in [3.63, 3.8) is 0 Å². The average molecular weight is 504 g/mol. The molecule has 1 aromatic rings. The minimum atomic E-state index is -0.396. The van der Waals surface area contributed by atoms with E-state index in [0.717, 1.165) is 0 Å². The van der Waals surface area contributed by atoms with Crippen molar-refractivity contribution in [2.24, 2.45) is 13.0 Å². The molecular formula is C23H29N5O4S2. The summed E-state index contributed by atoms with van der Waals surface area (Å²) < 4.78 is 7.05. The molecule has 2 fully saturated rings. The molecule has 3 heterocycles. The summed E-state index contributed by atoms with van der Waals surface area (Å²) in [5, 5.41) is 9.63. The number of hydrogen-bond acceptors (Lipinski definition) is 8. The minimum absolute atomic E-state index is 0.0420. The van der Waals surface area contributed by atoms with Gasteiger partial charge in [0.2, 0.25) is 0 Å². The van der Waals surface area contributed by atoms with Gasteiger partial charge in [-0.2, -0.15) is 5.26 Å². The molecule has 0 atom stereocenters. The number of thioether (sulfide) groups is 1. The number of carbonyl (C=O) groups is 2. The van der Waals surface area contributed by atoms with Gasteiger partial charge in [0.15, 0.2) is 0 Å². The highest BCUT2D eigenvalue weighted by Crippen LogP contribution is 2.36. The zero-order valence-corrected chi connectivity index (χ0v) is 21.7. The lowest BCUT2D eigenvalue weighted by atomic mass is 10.0. The van der Waals surface area contributed by atoms with Crippen molar-refractivity contribution in [2.75, 3.05) is 44.2 Å². The number of hydrogen-bond donors (Lipinski definition) is 0. The molecule has 9 nitrogen and oxygen atoms in total. The maximum Gasteiger partial charge on any atom is 0.409 e. The number of aromatic nitrogens is 1. The maximum absolute atomic E-state index is 13.1. The average Bonchev–Trinajstić information content (AvgIpc) is 3.05. The second-order valence-electron chi connectivity index (χ2n) is 8.57. The molecule has 11 heteroatoms. The molecule has 0 radical (unpaired) electrons. The normalized spacial score (nSPS) is 17.7. The highest BCUT2D eigenvalue weighted by molar-refractivity contribution is 8.26. The van der Waals surface area contributed by atoms with E-state index in [9.17, 15) is 19.6 Å². The van der Waals surface area contributed by atoms with Gasteiger partial charge in [-0.05, 0) is 31.4 Å². The number of amides is 2. The van der Waals surface area contributed by atoms with E-state index in [2.05, 4.69) is 0 Å². The number of pyridine rings is 1. The molecule has 0 aromatic carbocycles.